The topological polar surface area (TPSA) is 31.4 Å². The molecule has 5 rings (SSSR count). The van der Waals surface area contributed by atoms with Gasteiger partial charge in [-0.15, -0.1) is 10.3 Å². The maximum absolute atomic E-state index is 13.4. The molecule has 2 aromatic rings. The van der Waals surface area contributed by atoms with E-state index in [1.54, 1.807) is 12.1 Å². The first-order valence-electron chi connectivity index (χ1n) is 14.3. The Kier molecular flexibility index (Phi) is 7.04. The number of hydrogen-bond donors (Lipinski definition) is 0. The van der Waals surface area contributed by atoms with Crippen molar-refractivity contribution in [3.05, 3.63) is 63.5 Å². The van der Waals surface area contributed by atoms with E-state index >= 15 is 0 Å². The molecule has 1 saturated carbocycles. The zero-order valence-electron chi connectivity index (χ0n) is 24.7. The molecular weight excluding hydrogens is 519 g/mol. The smallest absolute Gasteiger partial charge is 0.358 e. The van der Waals surface area contributed by atoms with Crippen LogP contribution in [0.2, 0.25) is 0 Å². The van der Waals surface area contributed by atoms with E-state index in [2.05, 4.69) is 54.1 Å². The predicted octanol–water partition coefficient (Wildman–Crippen LogP) is 9.36. The van der Waals surface area contributed by atoms with E-state index in [4.69, 9.17) is 13.9 Å². The number of hydrogen-bond acceptors (Lipinski definition) is 3. The van der Waals surface area contributed by atoms with Crippen molar-refractivity contribution < 1.29 is 22.1 Å². The summed E-state index contributed by atoms with van der Waals surface area (Å²) in [6.45, 7) is 13.5. The van der Waals surface area contributed by atoms with Crippen LogP contribution in [-0.2, 0) is 33.5 Å². The first-order valence-corrected chi connectivity index (χ1v) is 16.7. The molecule has 1 spiro atoms. The number of halogens is 3. The lowest BCUT2D eigenvalue weighted by Crippen LogP contribution is -2.35. The van der Waals surface area contributed by atoms with Crippen LogP contribution < -0.4 is 0 Å². The van der Waals surface area contributed by atoms with Crippen LogP contribution in [0.25, 0.3) is 0 Å². The number of benzene rings is 1. The lowest BCUT2D eigenvalue weighted by Gasteiger charge is -2.49. The molecule has 3 nitrogen and oxygen atoms in total. The summed E-state index contributed by atoms with van der Waals surface area (Å²) >= 11 is 0. The van der Waals surface area contributed by atoms with Gasteiger partial charge in [-0.05, 0) is 73.3 Å². The molecular formula is C32H44F3NO2S. The number of ether oxygens (including phenoxy) is 1. The maximum Gasteiger partial charge on any atom is 0.416 e. The molecule has 2 heterocycles. The van der Waals surface area contributed by atoms with Gasteiger partial charge in [0.15, 0.2) is 0 Å². The van der Waals surface area contributed by atoms with E-state index in [-0.39, 0.29) is 16.3 Å². The zero-order valence-corrected chi connectivity index (χ0v) is 25.5. The molecule has 0 saturated heterocycles. The van der Waals surface area contributed by atoms with E-state index < -0.39 is 33.8 Å². The second kappa shape index (κ2) is 9.49. The number of alkyl halides is 3. The number of aryl methyl sites for hydroxylation is 1. The maximum atomic E-state index is 13.4. The Morgan fingerprint density at radius 1 is 1.03 bits per heavy atom. The van der Waals surface area contributed by atoms with Gasteiger partial charge in [0.1, 0.15) is 6.10 Å². The quantitative estimate of drug-likeness (QED) is 0.371. The number of pyridine rings is 1. The fraction of sp³-hybridized carbons (Fsp3) is 0.656. The summed E-state index contributed by atoms with van der Waals surface area (Å²) in [5.41, 5.74) is 5.40. The molecule has 0 radical (unpaired) electrons. The molecule has 0 bridgehead atoms. The van der Waals surface area contributed by atoms with Crippen LogP contribution in [0.5, 0.6) is 0 Å². The number of aromatic nitrogens is 1. The number of nitrogens with zero attached hydrogens (tertiary/aromatic N) is 1. The van der Waals surface area contributed by atoms with Crippen molar-refractivity contribution in [2.75, 3.05) is 12.5 Å². The third-order valence-corrected chi connectivity index (χ3v) is 13.0. The summed E-state index contributed by atoms with van der Waals surface area (Å²) in [5.74, 6) is 0. The fourth-order valence-corrected chi connectivity index (χ4v) is 7.66. The van der Waals surface area contributed by atoms with E-state index in [1.807, 2.05) is 0 Å². The summed E-state index contributed by atoms with van der Waals surface area (Å²) in [4.78, 5) is 5.30. The van der Waals surface area contributed by atoms with Crippen molar-refractivity contribution in [1.29, 1.82) is 0 Å². The second-order valence-electron chi connectivity index (χ2n) is 13.9. The average Bonchev–Trinajstić information content (AvgIpc) is 3.42. The number of rotatable bonds is 4. The van der Waals surface area contributed by atoms with Crippen LogP contribution in [0.3, 0.4) is 0 Å². The second-order valence-corrected chi connectivity index (χ2v) is 17.7. The Morgan fingerprint density at radius 3 is 2.18 bits per heavy atom. The lowest BCUT2D eigenvalue weighted by molar-refractivity contribution is -0.137. The molecule has 2 aliphatic carbocycles. The van der Waals surface area contributed by atoms with Crippen LogP contribution in [0.15, 0.2) is 24.3 Å². The Morgan fingerprint density at radius 2 is 1.64 bits per heavy atom. The highest BCUT2D eigenvalue weighted by Gasteiger charge is 2.53. The molecule has 1 fully saturated rings. The van der Waals surface area contributed by atoms with E-state index in [0.717, 1.165) is 67.5 Å². The summed E-state index contributed by atoms with van der Waals surface area (Å²) in [5, 5.41) is 0. The number of fused-ring (bicyclic) bond motifs is 4. The van der Waals surface area contributed by atoms with Crippen LogP contribution in [-0.4, -0.2) is 22.2 Å². The van der Waals surface area contributed by atoms with Gasteiger partial charge in [-0.3, -0.25) is 4.98 Å². The Labute approximate surface area is 233 Å². The van der Waals surface area contributed by atoms with Gasteiger partial charge in [0.2, 0.25) is 0 Å². The minimum atomic E-state index is -4.37. The molecule has 0 N–H and O–H groups in total. The van der Waals surface area contributed by atoms with Crippen molar-refractivity contribution >= 4 is 10.3 Å². The summed E-state index contributed by atoms with van der Waals surface area (Å²) < 4.78 is 54.3. The molecule has 2 atom stereocenters. The molecule has 7 heteroatoms. The highest BCUT2D eigenvalue weighted by atomic mass is 32.3. The van der Waals surface area contributed by atoms with Crippen LogP contribution >= 0.6 is 10.3 Å². The first kappa shape index (κ1) is 28.9. The van der Waals surface area contributed by atoms with E-state index in [1.165, 1.54) is 23.3 Å². The average molecular weight is 564 g/mol. The van der Waals surface area contributed by atoms with Crippen LogP contribution in [0.4, 0.5) is 13.2 Å². The standard InChI is InChI=1S/C32H44F3NO2S/c1-9-22-26-27(25-23(36-22)18-30(5,6)19-24(25)38-39(7,8)29(2,3)4)31(16-10-11-17-31)37-28(26)20-12-14-21(15-13-20)32(33,34)35/h12-15,24,28H,9-11,16-19H2,1-8H3. The molecule has 39 heavy (non-hydrogen) atoms. The summed E-state index contributed by atoms with van der Waals surface area (Å²) in [6, 6.07) is 5.54. The monoisotopic (exact) mass is 563 g/mol. The molecule has 2 unspecified atom stereocenters. The minimum absolute atomic E-state index is 0.0129. The minimum Gasteiger partial charge on any atom is -0.358 e. The molecule has 1 aromatic heterocycles. The molecule has 216 valence electrons. The molecule has 1 aromatic carbocycles. The Balaban J connectivity index is 1.72. The highest BCUT2D eigenvalue weighted by molar-refractivity contribution is 8.29. The fourth-order valence-electron chi connectivity index (χ4n) is 6.63. The SMILES string of the molecule is CCc1nc2c(c3c1C(c1ccc(C(F)(F)F)cc1)OC31CCCC1)C(OS(C)(C)C(C)(C)C)CC(C)(C)C2. The van der Waals surface area contributed by atoms with Crippen molar-refractivity contribution in [2.24, 2.45) is 5.41 Å². The molecule has 3 aliphatic rings. The first-order chi connectivity index (χ1) is 18.0. The normalized spacial score (nSPS) is 24.6. The van der Waals surface area contributed by atoms with Crippen molar-refractivity contribution in [2.45, 2.75) is 115 Å². The van der Waals surface area contributed by atoms with Gasteiger partial charge in [-0.1, -0.05) is 66.5 Å². The van der Waals surface area contributed by atoms with Gasteiger partial charge in [0.05, 0.1) is 17.3 Å². The Hall–Kier alpha value is -1.57. The van der Waals surface area contributed by atoms with Crippen LogP contribution in [0, 0.1) is 5.41 Å². The third-order valence-electron chi connectivity index (χ3n) is 9.32. The largest absolute Gasteiger partial charge is 0.416 e. The van der Waals surface area contributed by atoms with Gasteiger partial charge >= 0.3 is 6.18 Å². The van der Waals surface area contributed by atoms with Gasteiger partial charge in [-0.25, -0.2) is 0 Å². The summed E-state index contributed by atoms with van der Waals surface area (Å²) in [6.07, 6.45) is 6.17. The van der Waals surface area contributed by atoms with Crippen molar-refractivity contribution in [3.63, 3.8) is 0 Å². The van der Waals surface area contributed by atoms with E-state index in [0.29, 0.717) is 0 Å². The van der Waals surface area contributed by atoms with Crippen molar-refractivity contribution in [3.8, 4) is 0 Å². The zero-order chi connectivity index (χ0) is 28.6. The van der Waals surface area contributed by atoms with Gasteiger partial charge in [-0.2, -0.15) is 13.2 Å². The van der Waals surface area contributed by atoms with Crippen molar-refractivity contribution in [1.82, 2.24) is 4.98 Å². The third kappa shape index (κ3) is 5.05. The van der Waals surface area contributed by atoms with Crippen LogP contribution in [0.1, 0.15) is 125 Å². The lowest BCUT2D eigenvalue weighted by atomic mass is 9.71. The molecule has 0 amide bonds. The molecule has 1 aliphatic heterocycles. The summed E-state index contributed by atoms with van der Waals surface area (Å²) in [7, 11) is -1.42. The highest BCUT2D eigenvalue weighted by Crippen LogP contribution is 2.63. The van der Waals surface area contributed by atoms with Gasteiger partial charge in [0, 0.05) is 27.3 Å². The van der Waals surface area contributed by atoms with Gasteiger partial charge in [0.25, 0.3) is 0 Å². The Bertz CT molecular complexity index is 1240. The predicted molar refractivity (Wildman–Crippen MR) is 153 cm³/mol. The van der Waals surface area contributed by atoms with Gasteiger partial charge < -0.3 is 8.92 Å². The van der Waals surface area contributed by atoms with E-state index in [9.17, 15) is 13.2 Å².